The van der Waals surface area contributed by atoms with E-state index in [9.17, 15) is 10.1 Å². The summed E-state index contributed by atoms with van der Waals surface area (Å²) >= 11 is 0. The molecule has 1 heterocycles. The van der Waals surface area contributed by atoms with Gasteiger partial charge in [0.1, 0.15) is 0 Å². The number of rotatable bonds is 3. The van der Waals surface area contributed by atoms with Gasteiger partial charge < -0.3 is 10.1 Å². The number of nitro benzene ring substituents is 1. The molecule has 2 rings (SSSR count). The topological polar surface area (TPSA) is 64.4 Å². The number of piperidine rings is 1. The summed E-state index contributed by atoms with van der Waals surface area (Å²) in [6.07, 6.45) is 2.04. The van der Waals surface area contributed by atoms with E-state index >= 15 is 0 Å². The molecule has 1 saturated heterocycles. The van der Waals surface area contributed by atoms with Crippen LogP contribution in [0.5, 0.6) is 5.75 Å². The Balaban J connectivity index is 2.40. The summed E-state index contributed by atoms with van der Waals surface area (Å²) in [6.45, 7) is 1.79. The molecule has 92 valence electrons. The largest absolute Gasteiger partial charge is 0.490 e. The number of para-hydroxylation sites is 1. The van der Waals surface area contributed by atoms with Gasteiger partial charge in [-0.05, 0) is 25.5 Å². The van der Waals surface area contributed by atoms with E-state index in [1.54, 1.807) is 6.07 Å². The second-order valence-electron chi connectivity index (χ2n) is 4.20. The van der Waals surface area contributed by atoms with Crippen LogP contribution >= 0.6 is 0 Å². The number of hydrogen-bond acceptors (Lipinski definition) is 4. The van der Waals surface area contributed by atoms with Crippen molar-refractivity contribution in [1.82, 2.24) is 5.32 Å². The molecule has 1 aromatic rings. The van der Waals surface area contributed by atoms with E-state index in [0.717, 1.165) is 31.5 Å². The van der Waals surface area contributed by atoms with E-state index < -0.39 is 0 Å². The van der Waals surface area contributed by atoms with E-state index in [4.69, 9.17) is 4.74 Å². The second kappa shape index (κ2) is 5.14. The maximum absolute atomic E-state index is 11.1. The summed E-state index contributed by atoms with van der Waals surface area (Å²) in [7, 11) is 1.46. The van der Waals surface area contributed by atoms with Crippen LogP contribution in [0.3, 0.4) is 0 Å². The molecule has 17 heavy (non-hydrogen) atoms. The molecule has 1 fully saturated rings. The van der Waals surface area contributed by atoms with Gasteiger partial charge in [-0.1, -0.05) is 12.1 Å². The first-order valence-corrected chi connectivity index (χ1v) is 5.76. The number of hydrogen-bond donors (Lipinski definition) is 1. The van der Waals surface area contributed by atoms with E-state index in [1.807, 2.05) is 12.1 Å². The average Bonchev–Trinajstić information content (AvgIpc) is 2.38. The lowest BCUT2D eigenvalue weighted by atomic mass is 9.90. The summed E-state index contributed by atoms with van der Waals surface area (Å²) in [4.78, 5) is 10.8. The first-order chi connectivity index (χ1) is 8.24. The molecule has 0 aliphatic carbocycles. The number of benzene rings is 1. The zero-order valence-electron chi connectivity index (χ0n) is 9.81. The van der Waals surface area contributed by atoms with Crippen molar-refractivity contribution in [2.75, 3.05) is 20.2 Å². The van der Waals surface area contributed by atoms with Crippen molar-refractivity contribution in [1.29, 1.82) is 0 Å². The fourth-order valence-corrected chi connectivity index (χ4v) is 2.35. The van der Waals surface area contributed by atoms with Gasteiger partial charge in [0.15, 0.2) is 5.75 Å². The van der Waals surface area contributed by atoms with Crippen molar-refractivity contribution in [2.24, 2.45) is 0 Å². The first-order valence-electron chi connectivity index (χ1n) is 5.76. The molecular weight excluding hydrogens is 220 g/mol. The monoisotopic (exact) mass is 236 g/mol. The Hall–Kier alpha value is -1.62. The minimum atomic E-state index is -0.344. The number of methoxy groups -OCH3 is 1. The van der Waals surface area contributed by atoms with Gasteiger partial charge in [0.2, 0.25) is 0 Å². The summed E-state index contributed by atoms with van der Waals surface area (Å²) in [6, 6.07) is 5.28. The molecular formula is C12H16N2O3. The van der Waals surface area contributed by atoms with Gasteiger partial charge in [0.25, 0.3) is 0 Å². The van der Waals surface area contributed by atoms with Crippen LogP contribution in [0, 0.1) is 10.1 Å². The van der Waals surface area contributed by atoms with Crippen LogP contribution in [0.2, 0.25) is 0 Å². The van der Waals surface area contributed by atoms with Crippen molar-refractivity contribution in [2.45, 2.75) is 18.8 Å². The van der Waals surface area contributed by atoms with Crippen LogP contribution in [-0.4, -0.2) is 25.1 Å². The zero-order chi connectivity index (χ0) is 12.3. The molecule has 0 amide bonds. The van der Waals surface area contributed by atoms with E-state index in [0.29, 0.717) is 5.75 Å². The fraction of sp³-hybridized carbons (Fsp3) is 0.500. The Morgan fingerprint density at radius 2 is 2.35 bits per heavy atom. The maximum atomic E-state index is 11.1. The second-order valence-corrected chi connectivity index (χ2v) is 4.20. The molecule has 5 nitrogen and oxygen atoms in total. The number of ether oxygens (including phenoxy) is 1. The minimum absolute atomic E-state index is 0.115. The molecule has 1 N–H and O–H groups in total. The number of nitro groups is 1. The van der Waals surface area contributed by atoms with Crippen molar-refractivity contribution in [3.63, 3.8) is 0 Å². The van der Waals surface area contributed by atoms with Crippen molar-refractivity contribution < 1.29 is 9.66 Å². The number of nitrogens with one attached hydrogen (secondary N) is 1. The highest BCUT2D eigenvalue weighted by Gasteiger charge is 2.27. The van der Waals surface area contributed by atoms with E-state index in [2.05, 4.69) is 5.32 Å². The minimum Gasteiger partial charge on any atom is -0.490 e. The molecule has 1 aliphatic rings. The van der Waals surface area contributed by atoms with Gasteiger partial charge in [-0.3, -0.25) is 10.1 Å². The molecule has 0 saturated carbocycles. The van der Waals surface area contributed by atoms with Crippen LogP contribution in [0.1, 0.15) is 24.3 Å². The lowest BCUT2D eigenvalue weighted by Gasteiger charge is -2.23. The maximum Gasteiger partial charge on any atom is 0.314 e. The SMILES string of the molecule is COc1cccc(C2CCCNC2)c1[N+](=O)[O-]. The molecule has 1 unspecified atom stereocenters. The predicted molar refractivity (Wildman–Crippen MR) is 64.5 cm³/mol. The van der Waals surface area contributed by atoms with Crippen LogP contribution < -0.4 is 10.1 Å². The molecule has 0 bridgehead atoms. The Bertz CT molecular complexity index is 414. The van der Waals surface area contributed by atoms with Crippen LogP contribution in [0.4, 0.5) is 5.69 Å². The molecule has 1 atom stereocenters. The first kappa shape index (κ1) is 11.9. The lowest BCUT2D eigenvalue weighted by molar-refractivity contribution is -0.386. The van der Waals surface area contributed by atoms with Crippen LogP contribution in [-0.2, 0) is 0 Å². The summed E-state index contributed by atoms with van der Waals surface area (Å²) in [5.74, 6) is 0.553. The highest BCUT2D eigenvalue weighted by atomic mass is 16.6. The Kier molecular flexibility index (Phi) is 3.58. The van der Waals surface area contributed by atoms with Gasteiger partial charge in [-0.15, -0.1) is 0 Å². The molecule has 0 spiro atoms. The number of nitrogens with zero attached hydrogens (tertiary/aromatic N) is 1. The van der Waals surface area contributed by atoms with E-state index in [-0.39, 0.29) is 16.5 Å². The fourth-order valence-electron chi connectivity index (χ4n) is 2.35. The van der Waals surface area contributed by atoms with Gasteiger partial charge in [-0.2, -0.15) is 0 Å². The zero-order valence-corrected chi connectivity index (χ0v) is 9.81. The highest BCUT2D eigenvalue weighted by Crippen LogP contribution is 2.37. The third-order valence-corrected chi connectivity index (χ3v) is 3.17. The van der Waals surface area contributed by atoms with Crippen molar-refractivity contribution in [3.8, 4) is 5.75 Å². The third kappa shape index (κ3) is 2.39. The molecule has 1 aromatic carbocycles. The Morgan fingerprint density at radius 1 is 1.53 bits per heavy atom. The normalized spacial score (nSPS) is 19.9. The Labute approximate surface area is 99.9 Å². The highest BCUT2D eigenvalue weighted by molar-refractivity contribution is 5.54. The summed E-state index contributed by atoms with van der Waals surface area (Å²) in [5, 5.41) is 14.4. The predicted octanol–water partition coefficient (Wildman–Crippen LogP) is 2.07. The van der Waals surface area contributed by atoms with Crippen LogP contribution in [0.25, 0.3) is 0 Å². The van der Waals surface area contributed by atoms with Crippen molar-refractivity contribution >= 4 is 5.69 Å². The van der Waals surface area contributed by atoms with Crippen molar-refractivity contribution in [3.05, 3.63) is 33.9 Å². The smallest absolute Gasteiger partial charge is 0.314 e. The van der Waals surface area contributed by atoms with Crippen LogP contribution in [0.15, 0.2) is 18.2 Å². The Morgan fingerprint density at radius 3 is 2.94 bits per heavy atom. The van der Waals surface area contributed by atoms with Gasteiger partial charge in [0.05, 0.1) is 12.0 Å². The molecule has 0 radical (unpaired) electrons. The molecule has 1 aliphatic heterocycles. The van der Waals surface area contributed by atoms with Gasteiger partial charge in [0, 0.05) is 18.0 Å². The summed E-state index contributed by atoms with van der Waals surface area (Å²) < 4.78 is 5.08. The molecule has 0 aromatic heterocycles. The lowest BCUT2D eigenvalue weighted by Crippen LogP contribution is -2.28. The standard InChI is InChI=1S/C12H16N2O3/c1-17-11-6-2-5-10(12(11)14(15)16)9-4-3-7-13-8-9/h2,5-6,9,13H,3-4,7-8H2,1H3. The average molecular weight is 236 g/mol. The third-order valence-electron chi connectivity index (χ3n) is 3.17. The quantitative estimate of drug-likeness (QED) is 0.644. The molecule has 5 heteroatoms. The van der Waals surface area contributed by atoms with Gasteiger partial charge in [-0.25, -0.2) is 0 Å². The summed E-state index contributed by atoms with van der Waals surface area (Å²) in [5.41, 5.74) is 0.894. The van der Waals surface area contributed by atoms with E-state index in [1.165, 1.54) is 7.11 Å². The van der Waals surface area contributed by atoms with Gasteiger partial charge >= 0.3 is 5.69 Å².